The summed E-state index contributed by atoms with van der Waals surface area (Å²) in [7, 11) is 1.76. The van der Waals surface area contributed by atoms with Gasteiger partial charge in [-0.1, -0.05) is 12.1 Å². The number of aliphatic hydroxyl groups excluding tert-OH is 1. The van der Waals surface area contributed by atoms with Crippen LogP contribution >= 0.6 is 0 Å². The molecule has 2 aromatic rings. The third-order valence-electron chi connectivity index (χ3n) is 5.42. The molecule has 9 heteroatoms. The Bertz CT molecular complexity index is 1070. The molecule has 1 N–H and O–H groups in total. The van der Waals surface area contributed by atoms with Gasteiger partial charge in [0.1, 0.15) is 0 Å². The molecular weight excluding hydrogens is 452 g/mol. The van der Waals surface area contributed by atoms with E-state index in [9.17, 15) is 27.2 Å². The molecule has 1 fully saturated rings. The number of benzene rings is 2. The summed E-state index contributed by atoms with van der Waals surface area (Å²) >= 11 is 0. The Morgan fingerprint density at radius 3 is 1.85 bits per heavy atom. The van der Waals surface area contributed by atoms with Crippen molar-refractivity contribution in [2.45, 2.75) is 6.42 Å². The molecule has 34 heavy (non-hydrogen) atoms. The van der Waals surface area contributed by atoms with Gasteiger partial charge in [-0.15, -0.1) is 0 Å². The number of hydrogen-bond donors (Lipinski definition) is 1. The van der Waals surface area contributed by atoms with Crippen molar-refractivity contribution in [2.24, 2.45) is 0 Å². The summed E-state index contributed by atoms with van der Waals surface area (Å²) in [6.45, 7) is 0.638. The minimum atomic E-state index is -1.07. The maximum absolute atomic E-state index is 13.7. The topological polar surface area (TPSA) is 60.9 Å². The van der Waals surface area contributed by atoms with Crippen LogP contribution in [0.1, 0.15) is 17.5 Å². The van der Waals surface area contributed by atoms with Crippen LogP contribution in [0.4, 0.5) is 17.6 Å². The number of nitrogens with zero attached hydrogens (tertiary/aromatic N) is 2. The Balaban J connectivity index is 1.93. The first-order chi connectivity index (χ1) is 16.2. The molecule has 1 aliphatic rings. The largest absolute Gasteiger partial charge is 0.395 e. The first-order valence-electron chi connectivity index (χ1n) is 10.6. The molecule has 0 saturated carbocycles. The van der Waals surface area contributed by atoms with Gasteiger partial charge in [-0.05, 0) is 54.6 Å². The zero-order valence-electron chi connectivity index (χ0n) is 18.5. The minimum absolute atomic E-state index is 0.0461. The van der Waals surface area contributed by atoms with Gasteiger partial charge in [0.15, 0.2) is 29.1 Å². The first-order valence-corrected chi connectivity index (χ1v) is 10.6. The van der Waals surface area contributed by atoms with Crippen LogP contribution in [0.2, 0.25) is 0 Å². The fourth-order valence-corrected chi connectivity index (χ4v) is 3.55. The van der Waals surface area contributed by atoms with E-state index < -0.39 is 29.1 Å². The summed E-state index contributed by atoms with van der Waals surface area (Å²) in [5.41, 5.74) is 0.823. The van der Waals surface area contributed by atoms with Gasteiger partial charge in [0.25, 0.3) is 0 Å². The number of ketones is 1. The van der Waals surface area contributed by atoms with Crippen molar-refractivity contribution >= 4 is 23.8 Å². The summed E-state index contributed by atoms with van der Waals surface area (Å²) < 4.78 is 53.9. The molecule has 0 bridgehead atoms. The monoisotopic (exact) mass is 476 g/mol. The van der Waals surface area contributed by atoms with Crippen molar-refractivity contribution in [3.8, 4) is 0 Å². The second kappa shape index (κ2) is 11.2. The molecule has 180 valence electrons. The normalized spacial score (nSPS) is 16.7. The molecule has 1 amide bonds. The maximum atomic E-state index is 13.7. The minimum Gasteiger partial charge on any atom is -0.395 e. The van der Waals surface area contributed by atoms with Crippen molar-refractivity contribution in [1.29, 1.82) is 0 Å². The predicted molar refractivity (Wildman–Crippen MR) is 119 cm³/mol. The zero-order chi connectivity index (χ0) is 24.8. The molecule has 0 spiro atoms. The number of Topliss-reactive ketones (excluding diaryl/α,β-unsaturated/α-hetero) is 1. The number of rotatable bonds is 7. The Labute approximate surface area is 194 Å². The second-order valence-electron chi connectivity index (χ2n) is 8.04. The molecule has 5 nitrogen and oxygen atoms in total. The molecule has 1 heterocycles. The standard InChI is InChI=1S/C25H24F4N2O3/c1-30(8-9-32)7-6-24(33)31-14-18(10-16-2-4-20(26)22(28)12-16)25(34)19(15-31)11-17-3-5-21(27)23(29)13-17/h2-5,10-13,32H,6-9,14-15H2,1H3/b18-10+,19-11+. The van der Waals surface area contributed by atoms with Gasteiger partial charge in [-0.3, -0.25) is 9.59 Å². The fraction of sp³-hybridized carbons (Fsp3) is 0.280. The number of likely N-dealkylation sites (N-methyl/N-ethyl adjacent to an activating group) is 1. The molecule has 1 aliphatic heterocycles. The Kier molecular flexibility index (Phi) is 8.36. The van der Waals surface area contributed by atoms with Crippen molar-refractivity contribution in [2.75, 3.05) is 39.8 Å². The van der Waals surface area contributed by atoms with Gasteiger partial charge in [0.2, 0.25) is 5.91 Å². The van der Waals surface area contributed by atoms with E-state index in [1.165, 1.54) is 29.2 Å². The van der Waals surface area contributed by atoms with E-state index >= 15 is 0 Å². The SMILES string of the molecule is CN(CCO)CCC(=O)N1C/C(=C\c2ccc(F)c(F)c2)C(=O)/C(=C/c2ccc(F)c(F)c2)C1. The van der Waals surface area contributed by atoms with Crippen molar-refractivity contribution in [3.63, 3.8) is 0 Å². The van der Waals surface area contributed by atoms with Gasteiger partial charge in [-0.2, -0.15) is 0 Å². The van der Waals surface area contributed by atoms with Crippen LogP contribution in [-0.2, 0) is 9.59 Å². The highest BCUT2D eigenvalue weighted by Gasteiger charge is 2.29. The van der Waals surface area contributed by atoms with Gasteiger partial charge in [-0.25, -0.2) is 17.6 Å². The van der Waals surface area contributed by atoms with Crippen LogP contribution in [0.15, 0.2) is 47.5 Å². The van der Waals surface area contributed by atoms with E-state index in [2.05, 4.69) is 0 Å². The van der Waals surface area contributed by atoms with E-state index in [-0.39, 0.29) is 54.3 Å². The molecule has 1 saturated heterocycles. The third kappa shape index (κ3) is 6.39. The summed E-state index contributed by atoms with van der Waals surface area (Å²) in [5.74, 6) is -4.90. The van der Waals surface area contributed by atoms with Gasteiger partial charge in [0, 0.05) is 43.7 Å². The number of aliphatic hydroxyl groups is 1. The van der Waals surface area contributed by atoms with Crippen LogP contribution < -0.4 is 0 Å². The van der Waals surface area contributed by atoms with E-state index in [4.69, 9.17) is 5.11 Å². The van der Waals surface area contributed by atoms with E-state index in [1.807, 2.05) is 0 Å². The molecule has 2 aromatic carbocycles. The Morgan fingerprint density at radius 2 is 1.41 bits per heavy atom. The highest BCUT2D eigenvalue weighted by atomic mass is 19.2. The Hall–Kier alpha value is -3.30. The summed E-state index contributed by atoms with van der Waals surface area (Å²) in [4.78, 5) is 29.2. The fourth-order valence-electron chi connectivity index (χ4n) is 3.55. The van der Waals surface area contributed by atoms with Crippen LogP contribution in [0.3, 0.4) is 0 Å². The van der Waals surface area contributed by atoms with Crippen LogP contribution in [0, 0.1) is 23.3 Å². The molecule has 0 aliphatic carbocycles. The highest BCUT2D eigenvalue weighted by Crippen LogP contribution is 2.24. The number of piperidine rings is 1. The van der Waals surface area contributed by atoms with E-state index in [0.717, 1.165) is 24.3 Å². The lowest BCUT2D eigenvalue weighted by molar-refractivity contribution is -0.131. The number of carbonyl (C=O) groups excluding carboxylic acids is 2. The molecule has 0 atom stereocenters. The van der Waals surface area contributed by atoms with Crippen LogP contribution in [-0.4, -0.2) is 66.4 Å². The number of amides is 1. The molecule has 0 radical (unpaired) electrons. The van der Waals surface area contributed by atoms with Crippen molar-refractivity contribution < 1.29 is 32.3 Å². The van der Waals surface area contributed by atoms with Crippen LogP contribution in [0.25, 0.3) is 12.2 Å². The lowest BCUT2D eigenvalue weighted by Crippen LogP contribution is -2.42. The van der Waals surface area contributed by atoms with Gasteiger partial charge in [0.05, 0.1) is 6.61 Å². The zero-order valence-corrected chi connectivity index (χ0v) is 18.5. The van der Waals surface area contributed by atoms with E-state index in [0.29, 0.717) is 13.1 Å². The quantitative estimate of drug-likeness (QED) is 0.492. The number of halogens is 4. The summed E-state index contributed by atoms with van der Waals surface area (Å²) in [6.07, 6.45) is 2.88. The van der Waals surface area contributed by atoms with Crippen LogP contribution in [0.5, 0.6) is 0 Å². The maximum Gasteiger partial charge on any atom is 0.224 e. The van der Waals surface area contributed by atoms with Gasteiger partial charge < -0.3 is 14.9 Å². The second-order valence-corrected chi connectivity index (χ2v) is 8.04. The average Bonchev–Trinajstić information content (AvgIpc) is 2.79. The molecule has 3 rings (SSSR count). The average molecular weight is 476 g/mol. The molecule has 0 unspecified atom stereocenters. The highest BCUT2D eigenvalue weighted by molar-refractivity contribution is 6.15. The van der Waals surface area contributed by atoms with Crippen molar-refractivity contribution in [3.05, 3.63) is 81.9 Å². The smallest absolute Gasteiger partial charge is 0.224 e. The summed E-state index contributed by atoms with van der Waals surface area (Å²) in [6, 6.07) is 6.38. The third-order valence-corrected chi connectivity index (χ3v) is 5.42. The molecule has 0 aromatic heterocycles. The first kappa shape index (κ1) is 25.3. The van der Waals surface area contributed by atoms with Gasteiger partial charge >= 0.3 is 0 Å². The van der Waals surface area contributed by atoms with E-state index in [1.54, 1.807) is 11.9 Å². The van der Waals surface area contributed by atoms with Crippen molar-refractivity contribution in [1.82, 2.24) is 9.80 Å². The lowest BCUT2D eigenvalue weighted by Gasteiger charge is -2.30. The Morgan fingerprint density at radius 1 is 0.912 bits per heavy atom. The lowest BCUT2D eigenvalue weighted by atomic mass is 9.94. The molecular formula is C25H24F4N2O3. The summed E-state index contributed by atoms with van der Waals surface area (Å²) in [5, 5.41) is 9.01. The number of hydrogen-bond acceptors (Lipinski definition) is 4. The predicted octanol–water partition coefficient (Wildman–Crippen LogP) is 3.44. The number of carbonyl (C=O) groups is 2. The number of likely N-dealkylation sites (tertiary alicyclic amines) is 1.